The third-order valence-corrected chi connectivity index (χ3v) is 6.90. The predicted octanol–water partition coefficient (Wildman–Crippen LogP) is 6.10. The molecule has 170 valence electrons. The van der Waals surface area contributed by atoms with Crippen molar-refractivity contribution in [2.24, 2.45) is 0 Å². The van der Waals surface area contributed by atoms with Crippen molar-refractivity contribution in [3.63, 3.8) is 0 Å². The highest BCUT2D eigenvalue weighted by molar-refractivity contribution is 9.10. The van der Waals surface area contributed by atoms with Gasteiger partial charge in [-0.2, -0.15) is 10.2 Å². The number of nitrogens with one attached hydrogen (secondary N) is 1. The first-order valence-corrected chi connectivity index (χ1v) is 11.6. The second-order valence-electron chi connectivity index (χ2n) is 7.36. The number of hydrogen-bond acceptors (Lipinski definition) is 4. The highest BCUT2D eigenvalue weighted by Crippen LogP contribution is 2.31. The summed E-state index contributed by atoms with van der Waals surface area (Å²) < 4.78 is 10.1. The number of rotatable bonds is 7. The minimum Gasteiger partial charge on any atom is -0.470 e. The van der Waals surface area contributed by atoms with E-state index in [-0.39, 0.29) is 18.3 Å². The molecule has 4 aromatic rings. The van der Waals surface area contributed by atoms with Crippen molar-refractivity contribution in [2.45, 2.75) is 27.1 Å². The van der Waals surface area contributed by atoms with Gasteiger partial charge >= 0.3 is 0 Å². The summed E-state index contributed by atoms with van der Waals surface area (Å²) in [5.41, 5.74) is 3.95. The molecule has 0 aliphatic heterocycles. The molecule has 0 bridgehead atoms. The van der Waals surface area contributed by atoms with Crippen molar-refractivity contribution in [1.82, 2.24) is 19.6 Å². The molecule has 7 nitrogen and oxygen atoms in total. The lowest BCUT2D eigenvalue weighted by Crippen LogP contribution is -2.14. The molecule has 0 radical (unpaired) electrons. The van der Waals surface area contributed by atoms with Gasteiger partial charge in [-0.15, -0.1) is 0 Å². The Morgan fingerprint density at radius 3 is 2.67 bits per heavy atom. The summed E-state index contributed by atoms with van der Waals surface area (Å²) >= 11 is 15.7. The number of aromatic nitrogens is 4. The van der Waals surface area contributed by atoms with Crippen LogP contribution in [0.1, 0.15) is 27.4 Å². The zero-order valence-electron chi connectivity index (χ0n) is 17.8. The molecule has 0 saturated heterocycles. The van der Waals surface area contributed by atoms with Crippen LogP contribution in [0.3, 0.4) is 0 Å². The van der Waals surface area contributed by atoms with Crippen LogP contribution in [0.25, 0.3) is 0 Å². The lowest BCUT2D eigenvalue weighted by atomic mass is 10.2. The van der Waals surface area contributed by atoms with Crippen LogP contribution in [-0.2, 0) is 13.3 Å². The smallest absolute Gasteiger partial charge is 0.276 e. The van der Waals surface area contributed by atoms with Gasteiger partial charge in [0.25, 0.3) is 5.91 Å². The lowest BCUT2D eigenvalue weighted by Gasteiger charge is -2.09. The molecule has 0 fully saturated rings. The summed E-state index contributed by atoms with van der Waals surface area (Å²) in [7, 11) is 0. The molecule has 0 saturated carbocycles. The fraction of sp³-hybridized carbons (Fsp3) is 0.174. The number of hydrogen-bond donors (Lipinski definition) is 1. The van der Waals surface area contributed by atoms with E-state index >= 15 is 0 Å². The largest absolute Gasteiger partial charge is 0.470 e. The van der Waals surface area contributed by atoms with E-state index in [1.54, 1.807) is 30.5 Å². The summed E-state index contributed by atoms with van der Waals surface area (Å²) in [4.78, 5) is 12.7. The fourth-order valence-corrected chi connectivity index (χ4v) is 3.86. The van der Waals surface area contributed by atoms with Crippen LogP contribution in [0.2, 0.25) is 10.0 Å². The molecule has 0 spiro atoms. The molecule has 2 heterocycles. The third-order valence-electron chi connectivity index (χ3n) is 4.95. The Kier molecular flexibility index (Phi) is 7.07. The Bertz CT molecular complexity index is 1320. The summed E-state index contributed by atoms with van der Waals surface area (Å²) in [6, 6.07) is 14.4. The van der Waals surface area contributed by atoms with Gasteiger partial charge in [-0.3, -0.25) is 9.48 Å². The van der Waals surface area contributed by atoms with E-state index in [4.69, 9.17) is 27.9 Å². The number of ether oxygens (including phenoxy) is 1. The zero-order valence-corrected chi connectivity index (χ0v) is 20.9. The van der Waals surface area contributed by atoms with Crippen molar-refractivity contribution < 1.29 is 9.53 Å². The van der Waals surface area contributed by atoms with Crippen molar-refractivity contribution >= 4 is 50.7 Å². The number of carbonyl (C=O) groups excluding carboxylic acids is 1. The minimum atomic E-state index is -0.319. The second-order valence-corrected chi connectivity index (χ2v) is 8.94. The zero-order chi connectivity index (χ0) is 23.5. The van der Waals surface area contributed by atoms with Gasteiger partial charge in [-0.1, -0.05) is 41.4 Å². The molecular formula is C23H20BrCl2N5O2. The summed E-state index contributed by atoms with van der Waals surface area (Å²) in [6.07, 6.45) is 1.66. The van der Waals surface area contributed by atoms with Gasteiger partial charge in [0.15, 0.2) is 12.4 Å². The van der Waals surface area contributed by atoms with Gasteiger partial charge in [0, 0.05) is 11.9 Å². The van der Waals surface area contributed by atoms with Crippen LogP contribution < -0.4 is 10.1 Å². The van der Waals surface area contributed by atoms with E-state index in [1.165, 1.54) is 4.68 Å². The van der Waals surface area contributed by atoms with Crippen molar-refractivity contribution in [3.05, 3.63) is 91.9 Å². The fourth-order valence-electron chi connectivity index (χ4n) is 3.23. The Morgan fingerprint density at radius 1 is 1.12 bits per heavy atom. The number of carbonyl (C=O) groups is 1. The quantitative estimate of drug-likeness (QED) is 0.302. The molecular weight excluding hydrogens is 529 g/mol. The summed E-state index contributed by atoms with van der Waals surface area (Å²) in [5, 5.41) is 12.4. The van der Waals surface area contributed by atoms with Gasteiger partial charge in [0.05, 0.1) is 27.4 Å². The van der Waals surface area contributed by atoms with Crippen LogP contribution in [0.4, 0.5) is 5.69 Å². The first kappa shape index (κ1) is 23.4. The predicted molar refractivity (Wildman–Crippen MR) is 132 cm³/mol. The van der Waals surface area contributed by atoms with Crippen molar-refractivity contribution in [1.29, 1.82) is 0 Å². The molecule has 2 aromatic heterocycles. The SMILES string of the molecule is Cc1nn(Cc2cccc(NC(=O)c3ccn(COc4cccc(Cl)c4Cl)n3)c2)c(C)c1Br. The standard InChI is InChI=1S/C23H20BrCl2N5O2/c1-14-21(24)15(2)31(28-14)12-16-5-3-6-17(11-16)27-23(32)19-9-10-30(29-19)13-33-20-8-4-7-18(25)22(20)26/h3-11H,12-13H2,1-2H3,(H,27,32). The van der Waals surface area contributed by atoms with Gasteiger partial charge in [0.1, 0.15) is 10.8 Å². The third kappa shape index (κ3) is 5.40. The number of halogens is 3. The van der Waals surface area contributed by atoms with E-state index in [9.17, 15) is 4.79 Å². The van der Waals surface area contributed by atoms with E-state index in [1.807, 2.05) is 42.8 Å². The van der Waals surface area contributed by atoms with E-state index in [2.05, 4.69) is 31.4 Å². The van der Waals surface area contributed by atoms with Crippen molar-refractivity contribution in [3.8, 4) is 5.75 Å². The van der Waals surface area contributed by atoms with Crippen LogP contribution in [0.15, 0.2) is 59.2 Å². The number of aryl methyl sites for hydroxylation is 1. The van der Waals surface area contributed by atoms with Crippen LogP contribution in [0.5, 0.6) is 5.75 Å². The molecule has 1 amide bonds. The highest BCUT2D eigenvalue weighted by Gasteiger charge is 2.13. The summed E-state index contributed by atoms with van der Waals surface area (Å²) in [5.74, 6) is 0.123. The van der Waals surface area contributed by atoms with Crippen molar-refractivity contribution in [2.75, 3.05) is 5.32 Å². The maximum absolute atomic E-state index is 12.7. The van der Waals surface area contributed by atoms with E-state index in [0.29, 0.717) is 28.0 Å². The summed E-state index contributed by atoms with van der Waals surface area (Å²) in [6.45, 7) is 4.65. The first-order valence-electron chi connectivity index (χ1n) is 10.0. The lowest BCUT2D eigenvalue weighted by molar-refractivity contribution is 0.102. The van der Waals surface area contributed by atoms with Gasteiger partial charge < -0.3 is 10.1 Å². The molecule has 33 heavy (non-hydrogen) atoms. The maximum atomic E-state index is 12.7. The molecule has 0 aliphatic carbocycles. The average molecular weight is 549 g/mol. The van der Waals surface area contributed by atoms with Gasteiger partial charge in [-0.05, 0) is 65.7 Å². The molecule has 0 unspecified atom stereocenters. The maximum Gasteiger partial charge on any atom is 0.276 e. The van der Waals surface area contributed by atoms with Gasteiger partial charge in [0.2, 0.25) is 0 Å². The Labute approximate surface area is 209 Å². The van der Waals surface area contributed by atoms with E-state index < -0.39 is 0 Å². The molecule has 1 N–H and O–H groups in total. The topological polar surface area (TPSA) is 74.0 Å². The molecule has 10 heteroatoms. The Balaban J connectivity index is 1.39. The number of anilines is 1. The Morgan fingerprint density at radius 2 is 1.91 bits per heavy atom. The number of nitrogens with zero attached hydrogens (tertiary/aromatic N) is 4. The molecule has 4 rings (SSSR count). The monoisotopic (exact) mass is 547 g/mol. The highest BCUT2D eigenvalue weighted by atomic mass is 79.9. The molecule has 0 aliphatic rings. The van der Waals surface area contributed by atoms with Gasteiger partial charge in [-0.25, -0.2) is 4.68 Å². The number of benzene rings is 2. The first-order chi connectivity index (χ1) is 15.8. The molecule has 0 atom stereocenters. The van der Waals surface area contributed by atoms with Crippen LogP contribution >= 0.6 is 39.1 Å². The van der Waals surface area contributed by atoms with Crippen LogP contribution in [0, 0.1) is 13.8 Å². The second kappa shape index (κ2) is 9.99. The average Bonchev–Trinajstić information content (AvgIpc) is 3.36. The normalized spacial score (nSPS) is 10.9. The minimum absolute atomic E-state index is 0.0844. The molecule has 2 aromatic carbocycles. The Hall–Kier alpha value is -2.81. The van der Waals surface area contributed by atoms with E-state index in [0.717, 1.165) is 21.4 Å². The number of amides is 1. The van der Waals surface area contributed by atoms with Crippen LogP contribution in [-0.4, -0.2) is 25.5 Å².